The molecular weight excluding hydrogens is 192 g/mol. The summed E-state index contributed by atoms with van der Waals surface area (Å²) in [7, 11) is 0. The number of aromatic nitrogens is 2. The molecule has 0 saturated carbocycles. The molecule has 1 aromatic rings. The van der Waals surface area contributed by atoms with E-state index in [1.54, 1.807) is 4.98 Å². The second kappa shape index (κ2) is 4.19. The van der Waals surface area contributed by atoms with Crippen LogP contribution in [0.4, 0.5) is 13.2 Å². The third-order valence-corrected chi connectivity index (χ3v) is 1.19. The minimum absolute atomic E-state index is 0. The van der Waals surface area contributed by atoms with Gasteiger partial charge in [-0.25, -0.2) is 4.98 Å². The Morgan fingerprint density at radius 3 is 2.07 bits per heavy atom. The summed E-state index contributed by atoms with van der Waals surface area (Å²) in [5, 5.41) is 16.6. The Morgan fingerprint density at radius 2 is 1.79 bits per heavy atom. The van der Waals surface area contributed by atoms with E-state index in [1.807, 2.05) is 0 Å². The molecule has 0 aliphatic carbocycles. The number of rotatable bonds is 0. The van der Waals surface area contributed by atoms with Gasteiger partial charge in [-0.3, -0.25) is 0 Å². The molecule has 0 radical (unpaired) electrons. The van der Waals surface area contributed by atoms with Crippen molar-refractivity contribution in [2.75, 3.05) is 0 Å². The molecule has 14 heavy (non-hydrogen) atoms. The maximum atomic E-state index is 11.9. The zero-order chi connectivity index (χ0) is 10.1. The largest absolute Gasteiger partial charge is 1.00 e. The second-order valence-corrected chi connectivity index (χ2v) is 2.03. The maximum absolute atomic E-state index is 11.9. The van der Waals surface area contributed by atoms with E-state index >= 15 is 0 Å². The van der Waals surface area contributed by atoms with Gasteiger partial charge in [-0.1, -0.05) is 0 Å². The van der Waals surface area contributed by atoms with E-state index in [2.05, 4.69) is 4.98 Å². The number of alkyl halides is 3. The van der Waals surface area contributed by atoms with Gasteiger partial charge in [-0.15, -0.1) is 0 Å². The van der Waals surface area contributed by atoms with Gasteiger partial charge in [0, 0.05) is 0 Å². The van der Waals surface area contributed by atoms with Crippen LogP contribution in [0.5, 0.6) is 0 Å². The van der Waals surface area contributed by atoms with Crippen LogP contribution < -0.4 is 18.9 Å². The third kappa shape index (κ3) is 2.29. The van der Waals surface area contributed by atoms with E-state index < -0.39 is 23.4 Å². The van der Waals surface area contributed by atoms with Crippen LogP contribution >= 0.6 is 0 Å². The molecule has 0 bridgehead atoms. The van der Waals surface area contributed by atoms with E-state index in [1.165, 1.54) is 12.1 Å². The molecule has 1 rings (SSSR count). The zero-order valence-electron chi connectivity index (χ0n) is 6.98. The Kier molecular flexibility index (Phi) is 3.77. The molecule has 1 N–H and O–H groups in total. The summed E-state index contributed by atoms with van der Waals surface area (Å²) >= 11 is 0. The number of nitrogens with zero attached hydrogens (tertiary/aromatic N) is 3. The molecule has 0 atom stereocenters. The number of aromatic amines is 1. The van der Waals surface area contributed by atoms with Gasteiger partial charge in [0.1, 0.15) is 12.1 Å². The van der Waals surface area contributed by atoms with E-state index in [9.17, 15) is 13.2 Å². The van der Waals surface area contributed by atoms with Crippen molar-refractivity contribution in [2.45, 2.75) is 6.18 Å². The molecule has 1 heterocycles. The second-order valence-electron chi connectivity index (χ2n) is 2.03. The van der Waals surface area contributed by atoms with E-state index in [0.29, 0.717) is 0 Å². The van der Waals surface area contributed by atoms with Gasteiger partial charge in [0.25, 0.3) is 0 Å². The molecule has 0 saturated heterocycles. The number of halogens is 3. The summed E-state index contributed by atoms with van der Waals surface area (Å²) < 4.78 is 35.8. The Morgan fingerprint density at radius 1 is 1.21 bits per heavy atom. The number of nitriles is 2. The average Bonchev–Trinajstić information content (AvgIpc) is 2.45. The fourth-order valence-corrected chi connectivity index (χ4v) is 0.669. The minimum Gasteiger partial charge on any atom is -0.325 e. The number of imidazole rings is 1. The summed E-state index contributed by atoms with van der Waals surface area (Å²) in [5.41, 5.74) is -1.02. The van der Waals surface area contributed by atoms with Crippen LogP contribution in [0.1, 0.15) is 17.2 Å². The fraction of sp³-hybridized carbons (Fsp3) is 0.167. The Labute approximate surface area is 88.5 Å². The molecule has 0 unspecified atom stereocenters. The predicted octanol–water partition coefficient (Wildman–Crippen LogP) is -1.82. The molecule has 66 valence electrons. The van der Waals surface area contributed by atoms with Crippen molar-refractivity contribution < 1.29 is 32.0 Å². The van der Waals surface area contributed by atoms with Crippen LogP contribution in [0.25, 0.3) is 0 Å². The number of H-pyrrole nitrogens is 1. The topological polar surface area (TPSA) is 76.3 Å². The van der Waals surface area contributed by atoms with Crippen molar-refractivity contribution in [1.82, 2.24) is 9.97 Å². The van der Waals surface area contributed by atoms with Crippen LogP contribution in [0.15, 0.2) is 0 Å². The van der Waals surface area contributed by atoms with Gasteiger partial charge in [0.2, 0.25) is 5.82 Å². The van der Waals surface area contributed by atoms with Gasteiger partial charge in [-0.2, -0.15) is 23.7 Å². The summed E-state index contributed by atoms with van der Waals surface area (Å²) in [4.78, 5) is 4.61. The van der Waals surface area contributed by atoms with E-state index in [-0.39, 0.29) is 18.9 Å². The van der Waals surface area contributed by atoms with Crippen LogP contribution in [-0.4, -0.2) is 9.97 Å². The zero-order valence-corrected chi connectivity index (χ0v) is 6.98. The predicted molar refractivity (Wildman–Crippen MR) is 33.0 cm³/mol. The van der Waals surface area contributed by atoms with Crippen molar-refractivity contribution in [3.63, 3.8) is 0 Å². The van der Waals surface area contributed by atoms with Gasteiger partial charge >= 0.3 is 25.0 Å². The van der Waals surface area contributed by atoms with Crippen molar-refractivity contribution in [1.29, 1.82) is 10.5 Å². The van der Waals surface area contributed by atoms with Gasteiger partial charge in [0.05, 0.1) is 0 Å². The van der Waals surface area contributed by atoms with Crippen molar-refractivity contribution in [3.05, 3.63) is 17.2 Å². The Balaban J connectivity index is 0.00000169. The van der Waals surface area contributed by atoms with Gasteiger partial charge in [0.15, 0.2) is 11.4 Å². The molecular formula is C6HF3LiN4+. The molecule has 0 aromatic carbocycles. The third-order valence-electron chi connectivity index (χ3n) is 1.19. The van der Waals surface area contributed by atoms with Crippen molar-refractivity contribution in [3.8, 4) is 12.1 Å². The molecule has 0 aliphatic rings. The Bertz CT molecular complexity index is 377. The summed E-state index contributed by atoms with van der Waals surface area (Å²) in [6.07, 6.45) is -4.67. The van der Waals surface area contributed by atoms with Crippen molar-refractivity contribution in [2.24, 2.45) is 0 Å². The first-order valence-electron chi connectivity index (χ1n) is 2.96. The molecule has 0 spiro atoms. The standard InChI is InChI=1S/C6HF3N4.Li/c7-6(8,9)5-12-3(1-10)4(2-11)13-5;/h(H,12,13);/q;+1. The number of hydrogen-bond donors (Lipinski definition) is 1. The fourth-order valence-electron chi connectivity index (χ4n) is 0.669. The van der Waals surface area contributed by atoms with Crippen LogP contribution in [0, 0.1) is 22.7 Å². The quantitative estimate of drug-likeness (QED) is 0.492. The monoisotopic (exact) mass is 193 g/mol. The first-order chi connectivity index (χ1) is 5.99. The van der Waals surface area contributed by atoms with E-state index in [4.69, 9.17) is 10.5 Å². The smallest absolute Gasteiger partial charge is 0.325 e. The summed E-state index contributed by atoms with van der Waals surface area (Å²) in [6, 6.07) is 2.77. The van der Waals surface area contributed by atoms with Crippen molar-refractivity contribution >= 4 is 0 Å². The molecule has 0 aliphatic heterocycles. The number of hydrogen-bond acceptors (Lipinski definition) is 3. The average molecular weight is 193 g/mol. The normalized spacial score (nSPS) is 9.79. The molecule has 0 amide bonds. The summed E-state index contributed by atoms with van der Waals surface area (Å²) in [6.45, 7) is 0. The molecule has 8 heteroatoms. The van der Waals surface area contributed by atoms with Crippen LogP contribution in [0.3, 0.4) is 0 Å². The van der Waals surface area contributed by atoms with E-state index in [0.717, 1.165) is 0 Å². The number of nitrogens with one attached hydrogen (secondary N) is 1. The van der Waals surface area contributed by atoms with Gasteiger partial charge in [-0.05, 0) is 0 Å². The van der Waals surface area contributed by atoms with Gasteiger partial charge < -0.3 is 4.98 Å². The molecule has 1 aromatic heterocycles. The van der Waals surface area contributed by atoms with Crippen LogP contribution in [-0.2, 0) is 6.18 Å². The maximum Gasteiger partial charge on any atom is 1.00 e. The molecule has 4 nitrogen and oxygen atoms in total. The summed E-state index contributed by atoms with van der Waals surface area (Å²) in [5.74, 6) is -1.33. The minimum atomic E-state index is -4.67. The molecule has 0 fully saturated rings. The Hall–Kier alpha value is -1.42. The SMILES string of the molecule is N#Cc1nc(C(F)(F)F)[nH]c1C#N.[Li+]. The first kappa shape index (κ1) is 12.6. The van der Waals surface area contributed by atoms with Crippen LogP contribution in [0.2, 0.25) is 0 Å². The first-order valence-corrected chi connectivity index (χ1v) is 2.96.